The van der Waals surface area contributed by atoms with Crippen LogP contribution in [-0.2, 0) is 11.0 Å². The van der Waals surface area contributed by atoms with E-state index in [0.29, 0.717) is 34.0 Å². The Morgan fingerprint density at radius 3 is 2.51 bits per heavy atom. The summed E-state index contributed by atoms with van der Waals surface area (Å²) < 4.78 is 42.3. The molecular weight excluding hydrogens is 533 g/mol. The third-order valence-electron chi connectivity index (χ3n) is 6.49. The summed E-state index contributed by atoms with van der Waals surface area (Å²) in [7, 11) is 0. The number of nitrogens with zero attached hydrogens (tertiary/aromatic N) is 3. The number of hydrogen-bond donors (Lipinski definition) is 3. The number of halogens is 3. The van der Waals surface area contributed by atoms with E-state index in [9.17, 15) is 22.8 Å². The first-order valence-corrected chi connectivity index (χ1v) is 12.5. The van der Waals surface area contributed by atoms with Crippen LogP contribution in [0.4, 0.5) is 35.9 Å². The maximum Gasteiger partial charge on any atom is 0.416 e. The highest BCUT2D eigenvalue weighted by Gasteiger charge is 2.32. The topological polar surface area (TPSA) is 100 Å². The van der Waals surface area contributed by atoms with Crippen molar-refractivity contribution < 1.29 is 22.8 Å². The van der Waals surface area contributed by atoms with Gasteiger partial charge in [-0.25, -0.2) is 4.98 Å². The van der Waals surface area contributed by atoms with Gasteiger partial charge in [-0.2, -0.15) is 13.2 Å². The number of anilines is 4. The number of benzene rings is 3. The van der Waals surface area contributed by atoms with Crippen molar-refractivity contribution in [3.8, 4) is 5.69 Å². The Morgan fingerprint density at radius 2 is 1.80 bits per heavy atom. The van der Waals surface area contributed by atoms with E-state index in [1.807, 2.05) is 18.2 Å². The summed E-state index contributed by atoms with van der Waals surface area (Å²) >= 11 is 0. The standard InChI is InChI=1S/C30H21F3N6O2/c1-17-15-39(16-35-17)24-10-18(9-19(11-24)30(31,32)33)28(40)37-22-4-2-3-21(12-22)36-23-5-6-25-26(13-20-7-8-34-20)29(41)38-27(25)14-23/h2-16,36H,1H3,(H,37,40)(H,38,41)/b26-13-. The van der Waals surface area contributed by atoms with Crippen LogP contribution in [0.2, 0.25) is 0 Å². The smallest absolute Gasteiger partial charge is 0.355 e. The predicted molar refractivity (Wildman–Crippen MR) is 151 cm³/mol. The highest BCUT2D eigenvalue weighted by molar-refractivity contribution is 6.32. The number of aryl methyl sites for hydroxylation is 1. The predicted octanol–water partition coefficient (Wildman–Crippen LogP) is 6.50. The van der Waals surface area contributed by atoms with Crippen molar-refractivity contribution in [2.24, 2.45) is 4.99 Å². The molecule has 0 spiro atoms. The van der Waals surface area contributed by atoms with Gasteiger partial charge < -0.3 is 20.5 Å². The van der Waals surface area contributed by atoms with E-state index in [-0.39, 0.29) is 17.2 Å². The lowest BCUT2D eigenvalue weighted by molar-refractivity contribution is -0.137. The number of rotatable bonds is 6. The van der Waals surface area contributed by atoms with Crippen LogP contribution in [-0.4, -0.2) is 27.6 Å². The van der Waals surface area contributed by atoms with Gasteiger partial charge in [0.25, 0.3) is 11.8 Å². The van der Waals surface area contributed by atoms with Crippen LogP contribution in [0.3, 0.4) is 0 Å². The quantitative estimate of drug-likeness (QED) is 0.237. The average molecular weight is 555 g/mol. The maximum absolute atomic E-state index is 13.6. The van der Waals surface area contributed by atoms with Gasteiger partial charge in [-0.1, -0.05) is 12.1 Å². The van der Waals surface area contributed by atoms with Crippen LogP contribution in [0.1, 0.15) is 27.2 Å². The Morgan fingerprint density at radius 1 is 1.02 bits per heavy atom. The molecular formula is C30H21F3N6O2. The van der Waals surface area contributed by atoms with E-state index in [1.54, 1.807) is 55.7 Å². The minimum absolute atomic E-state index is 0.152. The monoisotopic (exact) mass is 554 g/mol. The molecule has 8 nitrogen and oxygen atoms in total. The number of carbonyl (C=O) groups is 2. The summed E-state index contributed by atoms with van der Waals surface area (Å²) in [5.74, 6) is -0.914. The zero-order valence-electron chi connectivity index (χ0n) is 21.5. The van der Waals surface area contributed by atoms with Gasteiger partial charge in [-0.3, -0.25) is 14.6 Å². The molecule has 2 amide bonds. The van der Waals surface area contributed by atoms with Crippen LogP contribution in [0.25, 0.3) is 11.3 Å². The summed E-state index contributed by atoms with van der Waals surface area (Å²) in [5.41, 5.74) is 4.05. The largest absolute Gasteiger partial charge is 0.416 e. The number of hydrogen-bond acceptors (Lipinski definition) is 5. The van der Waals surface area contributed by atoms with E-state index >= 15 is 0 Å². The molecule has 2 aliphatic heterocycles. The second-order valence-corrected chi connectivity index (χ2v) is 9.49. The van der Waals surface area contributed by atoms with Crippen molar-refractivity contribution in [3.63, 3.8) is 0 Å². The van der Waals surface area contributed by atoms with Crippen LogP contribution in [0.5, 0.6) is 0 Å². The Bertz CT molecular complexity index is 1820. The fraction of sp³-hybridized carbons (Fsp3) is 0.0667. The molecule has 41 heavy (non-hydrogen) atoms. The van der Waals surface area contributed by atoms with Crippen LogP contribution in [0.15, 0.2) is 96.0 Å². The molecule has 3 heterocycles. The summed E-state index contributed by atoms with van der Waals surface area (Å²) in [6, 6.07) is 15.4. The number of aliphatic imine (C=N–C) groups is 1. The molecule has 2 aliphatic rings. The first-order valence-electron chi connectivity index (χ1n) is 12.5. The lowest BCUT2D eigenvalue weighted by Crippen LogP contribution is -2.15. The highest BCUT2D eigenvalue weighted by Crippen LogP contribution is 2.36. The van der Waals surface area contributed by atoms with Gasteiger partial charge in [0, 0.05) is 46.3 Å². The fourth-order valence-corrected chi connectivity index (χ4v) is 4.47. The number of allylic oxidation sites excluding steroid dienone is 2. The van der Waals surface area contributed by atoms with Crippen molar-refractivity contribution in [2.75, 3.05) is 16.0 Å². The van der Waals surface area contributed by atoms with Gasteiger partial charge in [0.1, 0.15) is 0 Å². The SMILES string of the molecule is Cc1cn(-c2cc(C(=O)Nc3cccc(Nc4ccc5c(c4)NC(=O)/C5=C\C4=CC=N4)c3)cc(C(F)(F)F)c2)cn1. The molecule has 3 N–H and O–H groups in total. The van der Waals surface area contributed by atoms with E-state index < -0.39 is 17.6 Å². The van der Waals surface area contributed by atoms with Crippen LogP contribution in [0, 0.1) is 6.92 Å². The lowest BCUT2D eigenvalue weighted by Gasteiger charge is -2.14. The second kappa shape index (κ2) is 9.94. The van der Waals surface area contributed by atoms with Crippen LogP contribution >= 0.6 is 0 Å². The Labute approximate surface area is 231 Å². The first-order chi connectivity index (χ1) is 19.6. The number of amides is 2. The molecule has 4 aromatic rings. The number of fused-ring (bicyclic) bond motifs is 1. The number of alkyl halides is 3. The molecule has 0 unspecified atom stereocenters. The molecule has 0 saturated carbocycles. The third-order valence-corrected chi connectivity index (χ3v) is 6.49. The Balaban J connectivity index is 1.21. The normalized spacial score (nSPS) is 14.8. The van der Waals surface area contributed by atoms with Gasteiger partial charge in [0.05, 0.1) is 34.5 Å². The van der Waals surface area contributed by atoms with Crippen molar-refractivity contribution in [2.45, 2.75) is 13.1 Å². The number of carbonyl (C=O) groups excluding carboxylic acids is 2. The summed E-state index contributed by atoms with van der Waals surface area (Å²) in [6.07, 6.45) is 3.52. The summed E-state index contributed by atoms with van der Waals surface area (Å²) in [5, 5.41) is 8.75. The van der Waals surface area contributed by atoms with E-state index in [0.717, 1.165) is 23.4 Å². The molecule has 204 valence electrons. The average Bonchev–Trinajstić information content (AvgIpc) is 3.47. The lowest BCUT2D eigenvalue weighted by atomic mass is 10.0. The molecule has 0 aliphatic carbocycles. The van der Waals surface area contributed by atoms with E-state index in [1.165, 1.54) is 17.0 Å². The summed E-state index contributed by atoms with van der Waals surface area (Å²) in [6.45, 7) is 1.72. The molecule has 0 bridgehead atoms. The molecule has 6 rings (SSSR count). The van der Waals surface area contributed by atoms with Gasteiger partial charge in [0.15, 0.2) is 0 Å². The van der Waals surface area contributed by atoms with E-state index in [4.69, 9.17) is 0 Å². The van der Waals surface area contributed by atoms with Gasteiger partial charge in [0.2, 0.25) is 0 Å². The Kier molecular flexibility index (Phi) is 6.26. The minimum Gasteiger partial charge on any atom is -0.355 e. The van der Waals surface area contributed by atoms with Gasteiger partial charge in [-0.05, 0) is 67.6 Å². The Hall–Kier alpha value is -5.45. The van der Waals surface area contributed by atoms with Crippen molar-refractivity contribution in [3.05, 3.63) is 113 Å². The van der Waals surface area contributed by atoms with Crippen molar-refractivity contribution in [1.82, 2.24) is 9.55 Å². The molecule has 0 radical (unpaired) electrons. The molecule has 11 heteroatoms. The number of nitrogens with one attached hydrogen (secondary N) is 3. The van der Waals surface area contributed by atoms with Crippen molar-refractivity contribution >= 4 is 46.4 Å². The highest BCUT2D eigenvalue weighted by atomic mass is 19.4. The number of imidazole rings is 1. The first kappa shape index (κ1) is 25.8. The van der Waals surface area contributed by atoms with E-state index in [2.05, 4.69) is 25.9 Å². The summed E-state index contributed by atoms with van der Waals surface area (Å²) in [4.78, 5) is 33.6. The molecule has 0 atom stereocenters. The zero-order valence-corrected chi connectivity index (χ0v) is 21.5. The third kappa shape index (κ3) is 5.37. The van der Waals surface area contributed by atoms with Crippen molar-refractivity contribution in [1.29, 1.82) is 0 Å². The number of aromatic nitrogens is 2. The molecule has 0 fully saturated rings. The molecule has 1 aromatic heterocycles. The molecule has 3 aromatic carbocycles. The van der Waals surface area contributed by atoms with Gasteiger partial charge in [-0.15, -0.1) is 0 Å². The maximum atomic E-state index is 13.6. The van der Waals surface area contributed by atoms with Crippen LogP contribution < -0.4 is 16.0 Å². The molecule has 0 saturated heterocycles. The minimum atomic E-state index is -4.64. The fourth-order valence-electron chi connectivity index (χ4n) is 4.47. The second-order valence-electron chi connectivity index (χ2n) is 9.49. The van der Waals surface area contributed by atoms with Gasteiger partial charge >= 0.3 is 6.18 Å². The zero-order chi connectivity index (χ0) is 28.7.